The van der Waals surface area contributed by atoms with Gasteiger partial charge in [-0.05, 0) is 44.7 Å². The fourth-order valence-electron chi connectivity index (χ4n) is 2.19. The van der Waals surface area contributed by atoms with Gasteiger partial charge in [-0.2, -0.15) is 0 Å². The third kappa shape index (κ3) is 5.34. The number of para-hydroxylation sites is 1. The van der Waals surface area contributed by atoms with Gasteiger partial charge in [0.15, 0.2) is 6.29 Å². The van der Waals surface area contributed by atoms with Gasteiger partial charge in [0.25, 0.3) is 0 Å². The first-order valence-corrected chi connectivity index (χ1v) is 7.95. The van der Waals surface area contributed by atoms with Gasteiger partial charge in [0.2, 0.25) is 6.29 Å². The molecule has 2 rings (SSSR count). The van der Waals surface area contributed by atoms with Crippen molar-refractivity contribution in [2.45, 2.75) is 45.7 Å². The van der Waals surface area contributed by atoms with Crippen molar-refractivity contribution in [3.63, 3.8) is 0 Å². The average molecular weight is 304 g/mol. The summed E-state index contributed by atoms with van der Waals surface area (Å²) >= 11 is 0. The van der Waals surface area contributed by atoms with Crippen LogP contribution in [0.1, 0.15) is 38.7 Å². The van der Waals surface area contributed by atoms with E-state index in [1.54, 1.807) is 0 Å². The molecule has 1 atom stereocenters. The molecule has 4 nitrogen and oxygen atoms in total. The lowest BCUT2D eigenvalue weighted by Crippen LogP contribution is -2.25. The SMILES string of the molecule is CCOC(C#Cc1ccccc1OC1CCCCO1)OCC. The zero-order valence-electron chi connectivity index (χ0n) is 13.3. The highest BCUT2D eigenvalue weighted by Crippen LogP contribution is 2.22. The highest BCUT2D eigenvalue weighted by atomic mass is 16.7. The van der Waals surface area contributed by atoms with Gasteiger partial charge >= 0.3 is 0 Å². The second kappa shape index (κ2) is 9.47. The van der Waals surface area contributed by atoms with Crippen LogP contribution in [0.4, 0.5) is 0 Å². The molecule has 1 unspecified atom stereocenters. The van der Waals surface area contributed by atoms with E-state index in [2.05, 4.69) is 11.8 Å². The smallest absolute Gasteiger partial charge is 0.222 e. The Morgan fingerprint density at radius 1 is 1.18 bits per heavy atom. The molecule has 1 aliphatic heterocycles. The first kappa shape index (κ1) is 16.8. The van der Waals surface area contributed by atoms with Crippen molar-refractivity contribution in [1.82, 2.24) is 0 Å². The Kier molecular flexibility index (Phi) is 7.24. The van der Waals surface area contributed by atoms with Crippen molar-refractivity contribution < 1.29 is 18.9 Å². The van der Waals surface area contributed by atoms with E-state index in [0.717, 1.165) is 37.2 Å². The lowest BCUT2D eigenvalue weighted by molar-refractivity contribution is -0.106. The minimum atomic E-state index is -0.506. The van der Waals surface area contributed by atoms with Crippen LogP contribution >= 0.6 is 0 Å². The van der Waals surface area contributed by atoms with E-state index in [1.807, 2.05) is 38.1 Å². The number of hydrogen-bond acceptors (Lipinski definition) is 4. The van der Waals surface area contributed by atoms with Gasteiger partial charge in [-0.15, -0.1) is 0 Å². The first-order chi connectivity index (χ1) is 10.8. The molecule has 0 N–H and O–H groups in total. The average Bonchev–Trinajstić information content (AvgIpc) is 2.55. The third-order valence-electron chi connectivity index (χ3n) is 3.24. The molecule has 0 spiro atoms. The number of hydrogen-bond donors (Lipinski definition) is 0. The van der Waals surface area contributed by atoms with Crippen LogP contribution in [0.2, 0.25) is 0 Å². The van der Waals surface area contributed by atoms with E-state index < -0.39 is 6.29 Å². The molecule has 4 heteroatoms. The number of benzene rings is 1. The third-order valence-corrected chi connectivity index (χ3v) is 3.24. The Morgan fingerprint density at radius 2 is 1.95 bits per heavy atom. The van der Waals surface area contributed by atoms with Crippen LogP contribution < -0.4 is 4.74 Å². The summed E-state index contributed by atoms with van der Waals surface area (Å²) in [6, 6.07) is 7.72. The van der Waals surface area contributed by atoms with Crippen molar-refractivity contribution in [1.29, 1.82) is 0 Å². The Bertz CT molecular complexity index is 491. The van der Waals surface area contributed by atoms with E-state index in [4.69, 9.17) is 18.9 Å². The summed E-state index contributed by atoms with van der Waals surface area (Å²) in [7, 11) is 0. The summed E-state index contributed by atoms with van der Waals surface area (Å²) in [6.45, 7) is 5.73. The van der Waals surface area contributed by atoms with Gasteiger partial charge in [-0.3, -0.25) is 0 Å². The van der Waals surface area contributed by atoms with E-state index in [-0.39, 0.29) is 6.29 Å². The molecule has 1 aliphatic rings. The van der Waals surface area contributed by atoms with Gasteiger partial charge in [-0.1, -0.05) is 18.1 Å². The molecule has 120 valence electrons. The predicted octanol–water partition coefficient (Wildman–Crippen LogP) is 3.34. The zero-order valence-corrected chi connectivity index (χ0v) is 13.3. The largest absolute Gasteiger partial charge is 0.464 e. The molecule has 0 aromatic heterocycles. The Morgan fingerprint density at radius 3 is 2.64 bits per heavy atom. The van der Waals surface area contributed by atoms with E-state index in [9.17, 15) is 0 Å². The van der Waals surface area contributed by atoms with Crippen molar-refractivity contribution in [3.8, 4) is 17.6 Å². The predicted molar refractivity (Wildman–Crippen MR) is 84.6 cm³/mol. The Labute approximate surface area is 132 Å². The molecule has 1 saturated heterocycles. The van der Waals surface area contributed by atoms with Gasteiger partial charge in [-0.25, -0.2) is 0 Å². The molecule has 22 heavy (non-hydrogen) atoms. The van der Waals surface area contributed by atoms with Crippen LogP contribution in [0.15, 0.2) is 24.3 Å². The standard InChI is InChI=1S/C18H24O4/c1-3-19-17(20-4-2)13-12-15-9-5-6-10-16(15)22-18-11-7-8-14-21-18/h5-6,9-10,17-18H,3-4,7-8,11,14H2,1-2H3. The molecule has 1 aromatic rings. The highest BCUT2D eigenvalue weighted by Gasteiger charge is 2.16. The molecular weight excluding hydrogens is 280 g/mol. The highest BCUT2D eigenvalue weighted by molar-refractivity contribution is 5.46. The van der Waals surface area contributed by atoms with Gasteiger partial charge in [0, 0.05) is 19.6 Å². The van der Waals surface area contributed by atoms with E-state index in [0.29, 0.717) is 13.2 Å². The summed E-state index contributed by atoms with van der Waals surface area (Å²) in [6.07, 6.45) is 2.48. The topological polar surface area (TPSA) is 36.9 Å². The summed E-state index contributed by atoms with van der Waals surface area (Å²) in [5.74, 6) is 6.84. The maximum Gasteiger partial charge on any atom is 0.222 e. The summed E-state index contributed by atoms with van der Waals surface area (Å²) in [5.41, 5.74) is 0.820. The Hall–Kier alpha value is -1.54. The van der Waals surface area contributed by atoms with Gasteiger partial charge in [0.05, 0.1) is 12.2 Å². The molecule has 0 aliphatic carbocycles. The zero-order chi connectivity index (χ0) is 15.6. The maximum atomic E-state index is 5.93. The monoisotopic (exact) mass is 304 g/mol. The van der Waals surface area contributed by atoms with Gasteiger partial charge in [0.1, 0.15) is 5.75 Å². The lowest BCUT2D eigenvalue weighted by atomic mass is 10.2. The molecular formula is C18H24O4. The minimum absolute atomic E-state index is 0.175. The second-order valence-corrected chi connectivity index (χ2v) is 4.92. The van der Waals surface area contributed by atoms with Crippen molar-refractivity contribution in [2.75, 3.05) is 19.8 Å². The quantitative estimate of drug-likeness (QED) is 0.596. The fraction of sp³-hybridized carbons (Fsp3) is 0.556. The fourth-order valence-corrected chi connectivity index (χ4v) is 2.19. The first-order valence-electron chi connectivity index (χ1n) is 7.95. The second-order valence-electron chi connectivity index (χ2n) is 4.92. The summed E-state index contributed by atoms with van der Waals surface area (Å²) in [4.78, 5) is 0. The van der Waals surface area contributed by atoms with Crippen LogP contribution in [-0.4, -0.2) is 32.4 Å². The molecule has 1 heterocycles. The van der Waals surface area contributed by atoms with Crippen molar-refractivity contribution in [3.05, 3.63) is 29.8 Å². The van der Waals surface area contributed by atoms with Gasteiger partial charge < -0.3 is 18.9 Å². The lowest BCUT2D eigenvalue weighted by Gasteiger charge is -2.23. The number of ether oxygens (including phenoxy) is 4. The molecule has 1 fully saturated rings. The normalized spacial score (nSPS) is 17.9. The van der Waals surface area contributed by atoms with Crippen LogP contribution in [0.3, 0.4) is 0 Å². The molecule has 0 bridgehead atoms. The number of rotatable bonds is 6. The van der Waals surface area contributed by atoms with Crippen LogP contribution in [0.25, 0.3) is 0 Å². The van der Waals surface area contributed by atoms with Crippen molar-refractivity contribution in [2.24, 2.45) is 0 Å². The van der Waals surface area contributed by atoms with Crippen LogP contribution in [0.5, 0.6) is 5.75 Å². The maximum absolute atomic E-state index is 5.93. The molecule has 1 aromatic carbocycles. The minimum Gasteiger partial charge on any atom is -0.464 e. The molecule has 0 radical (unpaired) electrons. The van der Waals surface area contributed by atoms with E-state index in [1.165, 1.54) is 0 Å². The molecule has 0 saturated carbocycles. The van der Waals surface area contributed by atoms with Crippen LogP contribution in [-0.2, 0) is 14.2 Å². The van der Waals surface area contributed by atoms with E-state index >= 15 is 0 Å². The van der Waals surface area contributed by atoms with Crippen LogP contribution in [0, 0.1) is 11.8 Å². The molecule has 0 amide bonds. The summed E-state index contributed by atoms with van der Waals surface area (Å²) in [5, 5.41) is 0. The van der Waals surface area contributed by atoms with Crippen molar-refractivity contribution >= 4 is 0 Å². The Balaban J connectivity index is 2.07. The summed E-state index contributed by atoms with van der Waals surface area (Å²) < 4.78 is 22.4.